The predicted octanol–water partition coefficient (Wildman–Crippen LogP) is 2.07. The van der Waals surface area contributed by atoms with Crippen LogP contribution in [0, 0.1) is 0 Å². The molecule has 1 amide bonds. The van der Waals surface area contributed by atoms with Crippen LogP contribution in [0.25, 0.3) is 0 Å². The van der Waals surface area contributed by atoms with Gasteiger partial charge >= 0.3 is 0 Å². The molecule has 1 N–H and O–H groups in total. The molecule has 21 heavy (non-hydrogen) atoms. The second kappa shape index (κ2) is 6.89. The minimum atomic E-state index is 0.0799. The summed E-state index contributed by atoms with van der Waals surface area (Å²) in [6.45, 7) is 8.87. The summed E-state index contributed by atoms with van der Waals surface area (Å²) in [6, 6.07) is 4.51. The summed E-state index contributed by atoms with van der Waals surface area (Å²) in [5.41, 5.74) is 0.668. The zero-order valence-corrected chi connectivity index (χ0v) is 13.5. The number of nitrogens with one attached hydrogen (secondary N) is 1. The Morgan fingerprint density at radius 1 is 1.33 bits per heavy atom. The first-order valence-electron chi connectivity index (χ1n) is 7.74. The van der Waals surface area contributed by atoms with Crippen molar-refractivity contribution >= 4 is 11.7 Å². The molecule has 1 aromatic heterocycles. The standard InChI is InChI=1S/C16H26N4O/c1-5-8-17-15-7-6-14(9-18-15)16(21)20-10-12(2)19(4)13(3)11-20/h6-7,9,12-13H,5,8,10-11H2,1-4H3,(H,17,18). The number of amides is 1. The normalized spacial score (nSPS) is 23.1. The number of hydrogen-bond acceptors (Lipinski definition) is 4. The molecule has 0 spiro atoms. The van der Waals surface area contributed by atoms with Crippen LogP contribution in [0.2, 0.25) is 0 Å². The molecule has 1 aromatic rings. The van der Waals surface area contributed by atoms with E-state index in [4.69, 9.17) is 0 Å². The molecule has 0 saturated carbocycles. The van der Waals surface area contributed by atoms with Gasteiger partial charge in [0.25, 0.3) is 5.91 Å². The molecule has 2 atom stereocenters. The van der Waals surface area contributed by atoms with Crippen molar-refractivity contribution < 1.29 is 4.79 Å². The summed E-state index contributed by atoms with van der Waals surface area (Å²) >= 11 is 0. The number of piperazine rings is 1. The van der Waals surface area contributed by atoms with E-state index < -0.39 is 0 Å². The molecule has 5 nitrogen and oxygen atoms in total. The van der Waals surface area contributed by atoms with Crippen molar-refractivity contribution in [2.75, 3.05) is 32.0 Å². The third-order valence-electron chi connectivity index (χ3n) is 4.21. The maximum absolute atomic E-state index is 12.6. The van der Waals surface area contributed by atoms with Gasteiger partial charge in [0.05, 0.1) is 5.56 Å². The van der Waals surface area contributed by atoms with Gasteiger partial charge in [0.2, 0.25) is 0 Å². The van der Waals surface area contributed by atoms with Crippen LogP contribution in [-0.2, 0) is 0 Å². The minimum Gasteiger partial charge on any atom is -0.370 e. The molecular formula is C16H26N4O. The molecule has 0 aromatic carbocycles. The molecule has 2 heterocycles. The fraction of sp³-hybridized carbons (Fsp3) is 0.625. The van der Waals surface area contributed by atoms with Gasteiger partial charge < -0.3 is 10.2 Å². The summed E-state index contributed by atoms with van der Waals surface area (Å²) in [7, 11) is 2.12. The van der Waals surface area contributed by atoms with Gasteiger partial charge in [0.15, 0.2) is 0 Å². The molecule has 1 aliphatic rings. The van der Waals surface area contributed by atoms with Gasteiger partial charge in [0.1, 0.15) is 5.82 Å². The molecule has 0 aliphatic carbocycles. The van der Waals surface area contributed by atoms with Crippen LogP contribution in [0.5, 0.6) is 0 Å². The molecule has 116 valence electrons. The van der Waals surface area contributed by atoms with Crippen LogP contribution in [0.15, 0.2) is 18.3 Å². The van der Waals surface area contributed by atoms with Gasteiger partial charge in [0, 0.05) is 37.9 Å². The summed E-state index contributed by atoms with van der Waals surface area (Å²) in [4.78, 5) is 21.1. The minimum absolute atomic E-state index is 0.0799. The highest BCUT2D eigenvalue weighted by molar-refractivity contribution is 5.94. The lowest BCUT2D eigenvalue weighted by molar-refractivity contribution is 0.0414. The Morgan fingerprint density at radius 3 is 2.52 bits per heavy atom. The van der Waals surface area contributed by atoms with Gasteiger partial charge in [-0.3, -0.25) is 9.69 Å². The van der Waals surface area contributed by atoms with Crippen LogP contribution in [-0.4, -0.2) is 59.5 Å². The number of anilines is 1. The lowest BCUT2D eigenvalue weighted by Gasteiger charge is -2.42. The van der Waals surface area contributed by atoms with Gasteiger partial charge in [-0.15, -0.1) is 0 Å². The Hall–Kier alpha value is -1.62. The summed E-state index contributed by atoms with van der Waals surface area (Å²) in [5, 5.41) is 3.22. The van der Waals surface area contributed by atoms with Gasteiger partial charge in [-0.1, -0.05) is 6.92 Å². The number of carbonyl (C=O) groups is 1. The van der Waals surface area contributed by atoms with Crippen molar-refractivity contribution in [2.24, 2.45) is 0 Å². The quantitative estimate of drug-likeness (QED) is 0.922. The monoisotopic (exact) mass is 290 g/mol. The van der Waals surface area contributed by atoms with E-state index in [-0.39, 0.29) is 5.91 Å². The van der Waals surface area contributed by atoms with Crippen molar-refractivity contribution in [3.8, 4) is 0 Å². The molecule has 1 fully saturated rings. The number of likely N-dealkylation sites (N-methyl/N-ethyl adjacent to an activating group) is 1. The van der Waals surface area contributed by atoms with Gasteiger partial charge in [-0.05, 0) is 39.4 Å². The van der Waals surface area contributed by atoms with Crippen molar-refractivity contribution in [1.29, 1.82) is 0 Å². The van der Waals surface area contributed by atoms with Crippen molar-refractivity contribution in [1.82, 2.24) is 14.8 Å². The van der Waals surface area contributed by atoms with E-state index in [0.29, 0.717) is 17.6 Å². The first kappa shape index (κ1) is 15.8. The second-order valence-corrected chi connectivity index (χ2v) is 5.93. The van der Waals surface area contributed by atoms with E-state index >= 15 is 0 Å². The van der Waals surface area contributed by atoms with Crippen LogP contribution in [0.3, 0.4) is 0 Å². The molecular weight excluding hydrogens is 264 g/mol. The van der Waals surface area contributed by atoms with Crippen molar-refractivity contribution in [2.45, 2.75) is 39.3 Å². The summed E-state index contributed by atoms with van der Waals surface area (Å²) < 4.78 is 0. The Balaban J connectivity index is 2.02. The maximum atomic E-state index is 12.6. The lowest BCUT2D eigenvalue weighted by Crippen LogP contribution is -2.56. The molecule has 0 radical (unpaired) electrons. The van der Waals surface area contributed by atoms with E-state index in [9.17, 15) is 4.79 Å². The van der Waals surface area contributed by atoms with Gasteiger partial charge in [-0.25, -0.2) is 4.98 Å². The lowest BCUT2D eigenvalue weighted by atomic mass is 10.1. The fourth-order valence-corrected chi connectivity index (χ4v) is 2.63. The van der Waals surface area contributed by atoms with Crippen molar-refractivity contribution in [3.63, 3.8) is 0 Å². The highest BCUT2D eigenvalue weighted by atomic mass is 16.2. The average Bonchev–Trinajstić information content (AvgIpc) is 2.50. The number of carbonyl (C=O) groups excluding carboxylic acids is 1. The Labute approximate surface area is 127 Å². The number of nitrogens with zero attached hydrogens (tertiary/aromatic N) is 3. The van der Waals surface area contributed by atoms with Crippen LogP contribution >= 0.6 is 0 Å². The SMILES string of the molecule is CCCNc1ccc(C(=O)N2CC(C)N(C)C(C)C2)cn1. The maximum Gasteiger partial charge on any atom is 0.255 e. The Bertz CT molecular complexity index is 462. The first-order valence-corrected chi connectivity index (χ1v) is 7.74. The molecule has 2 rings (SSSR count). The van der Waals surface area contributed by atoms with Crippen LogP contribution in [0.1, 0.15) is 37.6 Å². The molecule has 1 aliphatic heterocycles. The Morgan fingerprint density at radius 2 is 2.00 bits per heavy atom. The topological polar surface area (TPSA) is 48.5 Å². The molecule has 5 heteroatoms. The zero-order chi connectivity index (χ0) is 15.4. The van der Waals surface area contributed by atoms with E-state index in [2.05, 4.69) is 43.0 Å². The summed E-state index contributed by atoms with van der Waals surface area (Å²) in [6.07, 6.45) is 2.73. The smallest absolute Gasteiger partial charge is 0.255 e. The largest absolute Gasteiger partial charge is 0.370 e. The van der Waals surface area contributed by atoms with Crippen LogP contribution < -0.4 is 5.32 Å². The average molecular weight is 290 g/mol. The first-order chi connectivity index (χ1) is 10.0. The Kier molecular flexibility index (Phi) is 5.17. The second-order valence-electron chi connectivity index (χ2n) is 5.93. The number of hydrogen-bond donors (Lipinski definition) is 1. The predicted molar refractivity (Wildman–Crippen MR) is 85.6 cm³/mol. The number of pyridine rings is 1. The molecule has 0 bridgehead atoms. The van der Waals surface area contributed by atoms with Crippen molar-refractivity contribution in [3.05, 3.63) is 23.9 Å². The highest BCUT2D eigenvalue weighted by Gasteiger charge is 2.29. The van der Waals surface area contributed by atoms with E-state index in [1.807, 2.05) is 17.0 Å². The van der Waals surface area contributed by atoms with E-state index in [0.717, 1.165) is 31.9 Å². The summed E-state index contributed by atoms with van der Waals surface area (Å²) in [5.74, 6) is 0.907. The fourth-order valence-electron chi connectivity index (χ4n) is 2.63. The van der Waals surface area contributed by atoms with E-state index in [1.165, 1.54) is 0 Å². The zero-order valence-electron chi connectivity index (χ0n) is 13.5. The van der Waals surface area contributed by atoms with Crippen LogP contribution in [0.4, 0.5) is 5.82 Å². The number of rotatable bonds is 4. The number of aromatic nitrogens is 1. The van der Waals surface area contributed by atoms with Gasteiger partial charge in [-0.2, -0.15) is 0 Å². The highest BCUT2D eigenvalue weighted by Crippen LogP contribution is 2.16. The molecule has 2 unspecified atom stereocenters. The third-order valence-corrected chi connectivity index (χ3v) is 4.21. The third kappa shape index (κ3) is 3.73. The molecule has 1 saturated heterocycles. The van der Waals surface area contributed by atoms with E-state index in [1.54, 1.807) is 6.20 Å².